The summed E-state index contributed by atoms with van der Waals surface area (Å²) in [4.78, 5) is 13.5. The highest BCUT2D eigenvalue weighted by molar-refractivity contribution is 9.10. The summed E-state index contributed by atoms with van der Waals surface area (Å²) in [6.45, 7) is 8.93. The molecule has 15 heavy (non-hydrogen) atoms. The number of nitriles is 1. The van der Waals surface area contributed by atoms with Gasteiger partial charge in [0.2, 0.25) is 5.91 Å². The average molecular weight is 275 g/mol. The molecule has 0 heterocycles. The molecule has 2 atom stereocenters. The zero-order valence-corrected chi connectivity index (χ0v) is 11.4. The van der Waals surface area contributed by atoms with Crippen LogP contribution in [0, 0.1) is 23.2 Å². The van der Waals surface area contributed by atoms with E-state index in [0.29, 0.717) is 13.1 Å². The molecule has 0 fully saturated rings. The van der Waals surface area contributed by atoms with Crippen molar-refractivity contribution in [2.45, 2.75) is 32.5 Å². The Hall–Kier alpha value is -0.560. The van der Waals surface area contributed by atoms with Crippen LogP contribution in [0.15, 0.2) is 0 Å². The quantitative estimate of drug-likeness (QED) is 0.723. The Kier molecular flexibility index (Phi) is 6.58. The molecule has 0 aliphatic rings. The third kappa shape index (κ3) is 4.65. The van der Waals surface area contributed by atoms with Crippen LogP contribution in [0.25, 0.3) is 0 Å². The lowest BCUT2D eigenvalue weighted by Gasteiger charge is -2.26. The van der Waals surface area contributed by atoms with Crippen LogP contribution in [-0.4, -0.2) is 28.7 Å². The topological polar surface area (TPSA) is 44.1 Å². The number of hydrogen-bond acceptors (Lipinski definition) is 2. The van der Waals surface area contributed by atoms with Crippen LogP contribution >= 0.6 is 15.9 Å². The maximum absolute atomic E-state index is 11.9. The van der Waals surface area contributed by atoms with Gasteiger partial charge in [-0.3, -0.25) is 4.79 Å². The summed E-state index contributed by atoms with van der Waals surface area (Å²) in [5.74, 6) is 0.235. The van der Waals surface area contributed by atoms with Gasteiger partial charge in [-0.25, -0.2) is 0 Å². The van der Waals surface area contributed by atoms with Crippen molar-refractivity contribution in [1.82, 2.24) is 4.90 Å². The van der Waals surface area contributed by atoms with Crippen molar-refractivity contribution in [3.05, 3.63) is 0 Å². The maximum atomic E-state index is 11.9. The van der Waals surface area contributed by atoms with Crippen molar-refractivity contribution < 1.29 is 4.79 Å². The molecule has 0 aliphatic heterocycles. The van der Waals surface area contributed by atoms with Crippen LogP contribution in [0.1, 0.15) is 27.7 Å². The molecule has 4 heteroatoms. The van der Waals surface area contributed by atoms with Crippen molar-refractivity contribution in [2.24, 2.45) is 11.8 Å². The Balaban J connectivity index is 4.42. The number of halogens is 1. The Morgan fingerprint density at radius 2 is 2.00 bits per heavy atom. The predicted octanol–water partition coefficient (Wildman–Crippen LogP) is 2.41. The van der Waals surface area contributed by atoms with Crippen molar-refractivity contribution in [3.63, 3.8) is 0 Å². The Morgan fingerprint density at radius 3 is 2.33 bits per heavy atom. The second-order valence-corrected chi connectivity index (χ2v) is 5.04. The fraction of sp³-hybridized carbons (Fsp3) is 0.818. The second-order valence-electron chi connectivity index (χ2n) is 4.05. The lowest BCUT2D eigenvalue weighted by molar-refractivity contribution is -0.131. The molecular weight excluding hydrogens is 256 g/mol. The van der Waals surface area contributed by atoms with Crippen molar-refractivity contribution >= 4 is 21.8 Å². The van der Waals surface area contributed by atoms with Crippen LogP contribution in [0.4, 0.5) is 0 Å². The molecule has 0 aromatic carbocycles. The molecule has 3 nitrogen and oxygen atoms in total. The summed E-state index contributed by atoms with van der Waals surface area (Å²) in [7, 11) is 0. The number of rotatable bonds is 5. The molecule has 0 saturated carbocycles. The van der Waals surface area contributed by atoms with Gasteiger partial charge in [-0.15, -0.1) is 0 Å². The summed E-state index contributed by atoms with van der Waals surface area (Å²) in [5, 5.41) is 8.71. The number of amides is 1. The first-order chi connectivity index (χ1) is 6.93. The number of nitrogens with zero attached hydrogens (tertiary/aromatic N) is 2. The second kappa shape index (κ2) is 6.84. The largest absolute Gasteiger partial charge is 0.341 e. The highest BCUT2D eigenvalue weighted by Crippen LogP contribution is 2.15. The summed E-state index contributed by atoms with van der Waals surface area (Å²) in [6, 6.07) is 2.14. The molecule has 0 radical (unpaired) electrons. The standard InChI is InChI=1S/C11H19BrN2O/c1-5-14(7-9(4)6-13)11(15)10(12)8(2)3/h8-10H,5,7H2,1-4H3. The van der Waals surface area contributed by atoms with Gasteiger partial charge in [0.15, 0.2) is 0 Å². The molecule has 0 rings (SSSR count). The van der Waals surface area contributed by atoms with E-state index >= 15 is 0 Å². The van der Waals surface area contributed by atoms with Crippen LogP contribution in [-0.2, 0) is 4.79 Å². The summed E-state index contributed by atoms with van der Waals surface area (Å²) < 4.78 is 0. The van der Waals surface area contributed by atoms with Crippen LogP contribution in [0.5, 0.6) is 0 Å². The number of carbonyl (C=O) groups is 1. The third-order valence-electron chi connectivity index (χ3n) is 2.23. The fourth-order valence-corrected chi connectivity index (χ4v) is 1.50. The first-order valence-corrected chi connectivity index (χ1v) is 6.18. The van der Waals surface area contributed by atoms with E-state index in [1.165, 1.54) is 0 Å². The van der Waals surface area contributed by atoms with Crippen molar-refractivity contribution in [1.29, 1.82) is 5.26 Å². The van der Waals surface area contributed by atoms with Crippen LogP contribution < -0.4 is 0 Å². The van der Waals surface area contributed by atoms with E-state index in [4.69, 9.17) is 5.26 Å². The minimum atomic E-state index is -0.150. The van der Waals surface area contributed by atoms with E-state index in [-0.39, 0.29) is 22.6 Å². The molecule has 86 valence electrons. The molecule has 0 aliphatic carbocycles. The first-order valence-electron chi connectivity index (χ1n) is 5.26. The molecular formula is C11H19BrN2O. The Labute approximate surface area is 101 Å². The Morgan fingerprint density at radius 1 is 1.47 bits per heavy atom. The van der Waals surface area contributed by atoms with Crippen LogP contribution in [0.3, 0.4) is 0 Å². The van der Waals surface area contributed by atoms with Gasteiger partial charge >= 0.3 is 0 Å². The predicted molar refractivity (Wildman–Crippen MR) is 64.6 cm³/mol. The van der Waals surface area contributed by atoms with Gasteiger partial charge < -0.3 is 4.90 Å². The SMILES string of the molecule is CCN(CC(C)C#N)C(=O)C(Br)C(C)C. The van der Waals surface area contributed by atoms with Crippen molar-refractivity contribution in [2.75, 3.05) is 13.1 Å². The Bertz CT molecular complexity index is 247. The third-order valence-corrected chi connectivity index (χ3v) is 3.68. The number of carbonyl (C=O) groups excluding carboxylic acids is 1. The van der Waals surface area contributed by atoms with Gasteiger partial charge in [-0.1, -0.05) is 29.8 Å². The molecule has 0 N–H and O–H groups in total. The minimum Gasteiger partial charge on any atom is -0.341 e. The van der Waals surface area contributed by atoms with E-state index in [1.54, 1.807) is 4.90 Å². The van der Waals surface area contributed by atoms with Crippen LogP contribution in [0.2, 0.25) is 0 Å². The highest BCUT2D eigenvalue weighted by atomic mass is 79.9. The van der Waals surface area contributed by atoms with Gasteiger partial charge in [0.05, 0.1) is 16.8 Å². The van der Waals surface area contributed by atoms with E-state index < -0.39 is 0 Å². The zero-order valence-electron chi connectivity index (χ0n) is 9.83. The lowest BCUT2D eigenvalue weighted by atomic mass is 10.1. The van der Waals surface area contributed by atoms with Gasteiger partial charge in [0, 0.05) is 13.1 Å². The summed E-state index contributed by atoms with van der Waals surface area (Å²) in [5.41, 5.74) is 0. The smallest absolute Gasteiger partial charge is 0.236 e. The minimum absolute atomic E-state index is 0.0783. The molecule has 0 spiro atoms. The molecule has 0 saturated heterocycles. The normalized spacial score (nSPS) is 14.5. The zero-order chi connectivity index (χ0) is 12.0. The molecule has 0 aromatic heterocycles. The molecule has 0 aromatic rings. The summed E-state index contributed by atoms with van der Waals surface area (Å²) >= 11 is 3.39. The molecule has 1 amide bonds. The van der Waals surface area contributed by atoms with E-state index in [0.717, 1.165) is 0 Å². The number of hydrogen-bond donors (Lipinski definition) is 0. The summed E-state index contributed by atoms with van der Waals surface area (Å²) in [6.07, 6.45) is 0. The highest BCUT2D eigenvalue weighted by Gasteiger charge is 2.24. The van der Waals surface area contributed by atoms with E-state index in [2.05, 4.69) is 22.0 Å². The van der Waals surface area contributed by atoms with E-state index in [1.807, 2.05) is 27.7 Å². The first kappa shape index (κ1) is 14.4. The van der Waals surface area contributed by atoms with E-state index in [9.17, 15) is 4.79 Å². The van der Waals surface area contributed by atoms with Gasteiger partial charge in [0.1, 0.15) is 0 Å². The number of alkyl halides is 1. The molecule has 2 unspecified atom stereocenters. The monoisotopic (exact) mass is 274 g/mol. The average Bonchev–Trinajstić information content (AvgIpc) is 2.23. The fourth-order valence-electron chi connectivity index (χ4n) is 1.21. The maximum Gasteiger partial charge on any atom is 0.236 e. The van der Waals surface area contributed by atoms with Gasteiger partial charge in [0.25, 0.3) is 0 Å². The van der Waals surface area contributed by atoms with Crippen molar-refractivity contribution in [3.8, 4) is 6.07 Å². The van der Waals surface area contributed by atoms with Gasteiger partial charge in [-0.05, 0) is 19.8 Å². The lowest BCUT2D eigenvalue weighted by Crippen LogP contribution is -2.40. The molecule has 0 bridgehead atoms. The van der Waals surface area contributed by atoms with Gasteiger partial charge in [-0.2, -0.15) is 5.26 Å².